The summed E-state index contributed by atoms with van der Waals surface area (Å²) < 4.78 is 11.1. The van der Waals surface area contributed by atoms with Gasteiger partial charge >= 0.3 is 0 Å². The minimum absolute atomic E-state index is 0.523. The molecule has 3 nitrogen and oxygen atoms in total. The standard InChI is InChI=1S/C16H17ClO3/c1-10-7-8-12(17)15(9-10)20-14-6-4-5-13(19-3)16(14)11(2)18/h4-9,11,18H,1-3H3. The van der Waals surface area contributed by atoms with Crippen molar-refractivity contribution in [2.75, 3.05) is 7.11 Å². The van der Waals surface area contributed by atoms with Crippen molar-refractivity contribution in [3.05, 3.63) is 52.5 Å². The molecule has 106 valence electrons. The highest BCUT2D eigenvalue weighted by atomic mass is 35.5. The molecular formula is C16H17ClO3. The molecular weight excluding hydrogens is 276 g/mol. The predicted molar refractivity (Wildman–Crippen MR) is 79.9 cm³/mol. The van der Waals surface area contributed by atoms with E-state index in [0.29, 0.717) is 27.8 Å². The first-order valence-corrected chi connectivity index (χ1v) is 6.69. The van der Waals surface area contributed by atoms with Gasteiger partial charge in [0.25, 0.3) is 0 Å². The van der Waals surface area contributed by atoms with Crippen LogP contribution < -0.4 is 9.47 Å². The van der Waals surface area contributed by atoms with E-state index in [1.165, 1.54) is 0 Å². The summed E-state index contributed by atoms with van der Waals surface area (Å²) in [7, 11) is 1.56. The Hall–Kier alpha value is -1.71. The van der Waals surface area contributed by atoms with Crippen LogP contribution in [0.4, 0.5) is 0 Å². The Labute approximate surface area is 123 Å². The molecule has 0 bridgehead atoms. The fourth-order valence-corrected chi connectivity index (χ4v) is 2.17. The predicted octanol–water partition coefficient (Wildman–Crippen LogP) is 4.50. The fraction of sp³-hybridized carbons (Fsp3) is 0.250. The highest BCUT2D eigenvalue weighted by Gasteiger charge is 2.16. The molecule has 1 unspecified atom stereocenters. The van der Waals surface area contributed by atoms with Crippen LogP contribution in [0.5, 0.6) is 17.2 Å². The lowest BCUT2D eigenvalue weighted by atomic mass is 10.1. The SMILES string of the molecule is COc1cccc(Oc2cc(C)ccc2Cl)c1C(C)O. The summed E-state index contributed by atoms with van der Waals surface area (Å²) in [5, 5.41) is 10.4. The first kappa shape index (κ1) is 14.7. The number of benzene rings is 2. The maximum absolute atomic E-state index is 9.93. The Balaban J connectivity index is 2.45. The minimum Gasteiger partial charge on any atom is -0.496 e. The summed E-state index contributed by atoms with van der Waals surface area (Å²) in [5.74, 6) is 1.68. The van der Waals surface area contributed by atoms with Crippen LogP contribution in [0.3, 0.4) is 0 Å². The van der Waals surface area contributed by atoms with Gasteiger partial charge in [-0.1, -0.05) is 23.7 Å². The molecule has 1 N–H and O–H groups in total. The van der Waals surface area contributed by atoms with Gasteiger partial charge in [-0.2, -0.15) is 0 Å². The van der Waals surface area contributed by atoms with Gasteiger partial charge in [0.1, 0.15) is 17.2 Å². The Kier molecular flexibility index (Phi) is 4.53. The lowest BCUT2D eigenvalue weighted by molar-refractivity contribution is 0.190. The summed E-state index contributed by atoms with van der Waals surface area (Å²) in [6.07, 6.45) is -0.704. The van der Waals surface area contributed by atoms with E-state index in [0.717, 1.165) is 5.56 Å². The molecule has 0 aliphatic heterocycles. The van der Waals surface area contributed by atoms with Gasteiger partial charge in [0, 0.05) is 0 Å². The smallest absolute Gasteiger partial charge is 0.146 e. The Morgan fingerprint density at radius 1 is 1.10 bits per heavy atom. The van der Waals surface area contributed by atoms with Crippen molar-refractivity contribution in [3.63, 3.8) is 0 Å². The number of ether oxygens (including phenoxy) is 2. The van der Waals surface area contributed by atoms with Crippen LogP contribution >= 0.6 is 11.6 Å². The molecule has 0 spiro atoms. The number of aliphatic hydroxyl groups is 1. The zero-order valence-corrected chi connectivity index (χ0v) is 12.4. The minimum atomic E-state index is -0.704. The van der Waals surface area contributed by atoms with E-state index in [9.17, 15) is 5.11 Å². The lowest BCUT2D eigenvalue weighted by Crippen LogP contribution is -2.00. The number of aliphatic hydroxyl groups excluding tert-OH is 1. The maximum atomic E-state index is 9.93. The number of aryl methyl sites for hydroxylation is 1. The molecule has 2 aromatic rings. The highest BCUT2D eigenvalue weighted by Crippen LogP contribution is 2.38. The Bertz CT molecular complexity index is 609. The molecule has 0 aliphatic rings. The number of halogens is 1. The Morgan fingerprint density at radius 3 is 2.45 bits per heavy atom. The van der Waals surface area contributed by atoms with E-state index in [1.807, 2.05) is 25.1 Å². The van der Waals surface area contributed by atoms with Gasteiger partial charge in [0.05, 0.1) is 23.8 Å². The normalized spacial score (nSPS) is 12.1. The van der Waals surface area contributed by atoms with Gasteiger partial charge in [0.15, 0.2) is 0 Å². The highest BCUT2D eigenvalue weighted by molar-refractivity contribution is 6.32. The average Bonchev–Trinajstić information content (AvgIpc) is 2.42. The summed E-state index contributed by atoms with van der Waals surface area (Å²) in [5.41, 5.74) is 1.65. The van der Waals surface area contributed by atoms with Gasteiger partial charge < -0.3 is 14.6 Å². The van der Waals surface area contributed by atoms with Crippen molar-refractivity contribution in [2.24, 2.45) is 0 Å². The van der Waals surface area contributed by atoms with Crippen molar-refractivity contribution >= 4 is 11.6 Å². The molecule has 0 aliphatic carbocycles. The largest absolute Gasteiger partial charge is 0.496 e. The zero-order chi connectivity index (χ0) is 14.7. The summed E-state index contributed by atoms with van der Waals surface area (Å²) in [4.78, 5) is 0. The topological polar surface area (TPSA) is 38.7 Å². The van der Waals surface area contributed by atoms with E-state index in [2.05, 4.69) is 0 Å². The van der Waals surface area contributed by atoms with Gasteiger partial charge in [-0.05, 0) is 43.7 Å². The van der Waals surface area contributed by atoms with Crippen LogP contribution in [-0.2, 0) is 0 Å². The van der Waals surface area contributed by atoms with Crippen LogP contribution in [0.15, 0.2) is 36.4 Å². The van der Waals surface area contributed by atoms with Gasteiger partial charge in [-0.15, -0.1) is 0 Å². The van der Waals surface area contributed by atoms with Crippen LogP contribution in [0, 0.1) is 6.92 Å². The third-order valence-corrected chi connectivity index (χ3v) is 3.28. The molecule has 2 rings (SSSR count). The fourth-order valence-electron chi connectivity index (χ4n) is 2.01. The molecule has 0 saturated heterocycles. The second-order valence-electron chi connectivity index (χ2n) is 4.58. The van der Waals surface area contributed by atoms with Gasteiger partial charge in [-0.3, -0.25) is 0 Å². The van der Waals surface area contributed by atoms with E-state index < -0.39 is 6.10 Å². The van der Waals surface area contributed by atoms with Crippen molar-refractivity contribution in [1.82, 2.24) is 0 Å². The number of hydrogen-bond donors (Lipinski definition) is 1. The van der Waals surface area contributed by atoms with E-state index >= 15 is 0 Å². The van der Waals surface area contributed by atoms with Crippen molar-refractivity contribution in [3.8, 4) is 17.2 Å². The second kappa shape index (κ2) is 6.16. The molecule has 0 radical (unpaired) electrons. The third kappa shape index (κ3) is 3.06. The summed E-state index contributed by atoms with van der Waals surface area (Å²) in [6, 6.07) is 10.9. The second-order valence-corrected chi connectivity index (χ2v) is 4.99. The molecule has 0 amide bonds. The molecule has 0 aromatic heterocycles. The molecule has 0 saturated carbocycles. The quantitative estimate of drug-likeness (QED) is 0.901. The number of hydrogen-bond acceptors (Lipinski definition) is 3. The van der Waals surface area contributed by atoms with Gasteiger partial charge in [0.2, 0.25) is 0 Å². The van der Waals surface area contributed by atoms with Crippen LogP contribution in [0.25, 0.3) is 0 Å². The van der Waals surface area contributed by atoms with E-state index in [4.69, 9.17) is 21.1 Å². The molecule has 4 heteroatoms. The third-order valence-electron chi connectivity index (χ3n) is 2.97. The number of rotatable bonds is 4. The molecule has 20 heavy (non-hydrogen) atoms. The lowest BCUT2D eigenvalue weighted by Gasteiger charge is -2.17. The van der Waals surface area contributed by atoms with Crippen molar-refractivity contribution in [2.45, 2.75) is 20.0 Å². The monoisotopic (exact) mass is 292 g/mol. The molecule has 0 heterocycles. The number of methoxy groups -OCH3 is 1. The van der Waals surface area contributed by atoms with Crippen molar-refractivity contribution < 1.29 is 14.6 Å². The molecule has 1 atom stereocenters. The average molecular weight is 293 g/mol. The van der Waals surface area contributed by atoms with E-state index in [1.54, 1.807) is 32.2 Å². The first-order valence-electron chi connectivity index (χ1n) is 6.32. The van der Waals surface area contributed by atoms with Crippen LogP contribution in [-0.4, -0.2) is 12.2 Å². The maximum Gasteiger partial charge on any atom is 0.146 e. The molecule has 2 aromatic carbocycles. The summed E-state index contributed by atoms with van der Waals surface area (Å²) in [6.45, 7) is 3.63. The van der Waals surface area contributed by atoms with Crippen LogP contribution in [0.1, 0.15) is 24.2 Å². The van der Waals surface area contributed by atoms with E-state index in [-0.39, 0.29) is 0 Å². The van der Waals surface area contributed by atoms with Gasteiger partial charge in [-0.25, -0.2) is 0 Å². The van der Waals surface area contributed by atoms with Crippen LogP contribution in [0.2, 0.25) is 5.02 Å². The zero-order valence-electron chi connectivity index (χ0n) is 11.7. The summed E-state index contributed by atoms with van der Waals surface area (Å²) >= 11 is 6.13. The first-order chi connectivity index (χ1) is 9.52. The van der Waals surface area contributed by atoms with Crippen molar-refractivity contribution in [1.29, 1.82) is 0 Å². The molecule has 0 fully saturated rings. The Morgan fingerprint density at radius 2 is 1.80 bits per heavy atom.